The number of nitro groups is 1. The fourth-order valence-electron chi connectivity index (χ4n) is 2.56. The van der Waals surface area contributed by atoms with E-state index < -0.39 is 11.7 Å². The lowest BCUT2D eigenvalue weighted by Gasteiger charge is -2.34. The smallest absolute Gasteiger partial charge is 0.407 e. The van der Waals surface area contributed by atoms with Crippen LogP contribution in [0.5, 0.6) is 0 Å². The van der Waals surface area contributed by atoms with Gasteiger partial charge in [-0.2, -0.15) is 0 Å². The third-order valence-electron chi connectivity index (χ3n) is 3.62. The monoisotopic (exact) mass is 321 g/mol. The van der Waals surface area contributed by atoms with Gasteiger partial charge in [0.2, 0.25) is 0 Å². The minimum atomic E-state index is -0.506. The molecular formula is C16H23N3O4. The van der Waals surface area contributed by atoms with Crippen molar-refractivity contribution in [1.29, 1.82) is 0 Å². The molecule has 0 radical (unpaired) electrons. The van der Waals surface area contributed by atoms with E-state index in [9.17, 15) is 14.9 Å². The second kappa shape index (κ2) is 6.85. The van der Waals surface area contributed by atoms with E-state index in [-0.39, 0.29) is 16.7 Å². The third-order valence-corrected chi connectivity index (χ3v) is 3.62. The lowest BCUT2D eigenvalue weighted by Crippen LogP contribution is -2.46. The van der Waals surface area contributed by atoms with Crippen molar-refractivity contribution in [3.05, 3.63) is 34.4 Å². The van der Waals surface area contributed by atoms with E-state index in [0.29, 0.717) is 0 Å². The highest BCUT2D eigenvalue weighted by molar-refractivity contribution is 5.68. The number of amides is 1. The number of alkyl carbamates (subject to hydrolysis) is 1. The number of ether oxygens (including phenoxy) is 1. The Balaban J connectivity index is 1.88. The molecule has 1 saturated heterocycles. The average molecular weight is 321 g/mol. The molecule has 1 aliphatic heterocycles. The SMILES string of the molecule is CC(C)(C)OC(=O)NC1CCN(c2cccc([N+](=O)[O-])c2)CC1. The van der Waals surface area contributed by atoms with Gasteiger partial charge in [-0.25, -0.2) is 4.79 Å². The highest BCUT2D eigenvalue weighted by Gasteiger charge is 2.24. The quantitative estimate of drug-likeness (QED) is 0.683. The number of hydrogen-bond acceptors (Lipinski definition) is 5. The molecule has 23 heavy (non-hydrogen) atoms. The van der Waals surface area contributed by atoms with Gasteiger partial charge in [-0.3, -0.25) is 10.1 Å². The maximum Gasteiger partial charge on any atom is 0.407 e. The van der Waals surface area contributed by atoms with E-state index in [4.69, 9.17) is 4.74 Å². The molecule has 1 heterocycles. The van der Waals surface area contributed by atoms with Crippen LogP contribution in [-0.4, -0.2) is 35.7 Å². The largest absolute Gasteiger partial charge is 0.444 e. The molecule has 7 nitrogen and oxygen atoms in total. The van der Waals surface area contributed by atoms with Gasteiger partial charge in [0.05, 0.1) is 4.92 Å². The Morgan fingerprint density at radius 3 is 2.57 bits per heavy atom. The van der Waals surface area contributed by atoms with Gasteiger partial charge in [0.25, 0.3) is 5.69 Å². The first-order valence-corrected chi connectivity index (χ1v) is 7.73. The van der Waals surface area contributed by atoms with Crippen molar-refractivity contribution < 1.29 is 14.5 Å². The summed E-state index contributed by atoms with van der Waals surface area (Å²) in [5, 5.41) is 13.7. The molecular weight excluding hydrogens is 298 g/mol. The van der Waals surface area contributed by atoms with Crippen LogP contribution in [0.4, 0.5) is 16.2 Å². The van der Waals surface area contributed by atoms with Crippen molar-refractivity contribution in [2.75, 3.05) is 18.0 Å². The number of hydrogen-bond donors (Lipinski definition) is 1. The maximum absolute atomic E-state index is 11.8. The molecule has 1 aliphatic rings. The predicted molar refractivity (Wildman–Crippen MR) is 87.7 cm³/mol. The number of anilines is 1. The Morgan fingerprint density at radius 2 is 2.00 bits per heavy atom. The molecule has 126 valence electrons. The number of non-ortho nitro benzene ring substituents is 1. The fourth-order valence-corrected chi connectivity index (χ4v) is 2.56. The number of rotatable bonds is 3. The van der Waals surface area contributed by atoms with Crippen molar-refractivity contribution in [3.63, 3.8) is 0 Å². The third kappa shape index (κ3) is 5.12. The van der Waals surface area contributed by atoms with Crippen LogP contribution in [0.15, 0.2) is 24.3 Å². The summed E-state index contributed by atoms with van der Waals surface area (Å²) in [4.78, 5) is 24.3. The van der Waals surface area contributed by atoms with Crippen LogP contribution in [0.25, 0.3) is 0 Å². The van der Waals surface area contributed by atoms with Gasteiger partial charge in [-0.1, -0.05) is 6.07 Å². The fraction of sp³-hybridized carbons (Fsp3) is 0.562. The molecule has 1 N–H and O–H groups in total. The van der Waals surface area contributed by atoms with Crippen LogP contribution in [0, 0.1) is 10.1 Å². The van der Waals surface area contributed by atoms with E-state index in [2.05, 4.69) is 10.2 Å². The Morgan fingerprint density at radius 1 is 1.35 bits per heavy atom. The minimum Gasteiger partial charge on any atom is -0.444 e. The molecule has 0 atom stereocenters. The molecule has 0 aliphatic carbocycles. The molecule has 0 aromatic heterocycles. The standard InChI is InChI=1S/C16H23N3O4/c1-16(2,3)23-15(20)17-12-7-9-18(10-8-12)13-5-4-6-14(11-13)19(21)22/h4-6,11-12H,7-10H2,1-3H3,(H,17,20). The molecule has 0 bridgehead atoms. The Bertz CT molecular complexity index is 575. The molecule has 0 saturated carbocycles. The summed E-state index contributed by atoms with van der Waals surface area (Å²) in [6.45, 7) is 6.97. The second-order valence-electron chi connectivity index (χ2n) is 6.68. The summed E-state index contributed by atoms with van der Waals surface area (Å²) >= 11 is 0. The van der Waals surface area contributed by atoms with Crippen LogP contribution in [0.3, 0.4) is 0 Å². The first-order valence-electron chi connectivity index (χ1n) is 7.73. The summed E-state index contributed by atoms with van der Waals surface area (Å²) in [5.74, 6) is 0. The zero-order chi connectivity index (χ0) is 17.0. The molecule has 0 unspecified atom stereocenters. The van der Waals surface area contributed by atoms with Gasteiger partial charge in [0.1, 0.15) is 5.60 Å². The van der Waals surface area contributed by atoms with E-state index >= 15 is 0 Å². The summed E-state index contributed by atoms with van der Waals surface area (Å²) < 4.78 is 5.26. The summed E-state index contributed by atoms with van der Waals surface area (Å²) in [5.41, 5.74) is 0.430. The lowest BCUT2D eigenvalue weighted by molar-refractivity contribution is -0.384. The Labute approximate surface area is 135 Å². The van der Waals surface area contributed by atoms with Crippen LogP contribution in [-0.2, 0) is 4.74 Å². The molecule has 1 aromatic carbocycles. The van der Waals surface area contributed by atoms with E-state index in [1.807, 2.05) is 26.8 Å². The first kappa shape index (κ1) is 17.1. The van der Waals surface area contributed by atoms with Crippen molar-refractivity contribution in [2.24, 2.45) is 0 Å². The molecule has 1 aromatic rings. The highest BCUT2D eigenvalue weighted by atomic mass is 16.6. The van der Waals surface area contributed by atoms with Gasteiger partial charge >= 0.3 is 6.09 Å². The lowest BCUT2D eigenvalue weighted by atomic mass is 10.0. The maximum atomic E-state index is 11.8. The average Bonchev–Trinajstić information content (AvgIpc) is 2.46. The zero-order valence-corrected chi connectivity index (χ0v) is 13.7. The van der Waals surface area contributed by atoms with Crippen molar-refractivity contribution >= 4 is 17.5 Å². The molecule has 1 fully saturated rings. The Kier molecular flexibility index (Phi) is 5.08. The number of nitro benzene ring substituents is 1. The van der Waals surface area contributed by atoms with Gasteiger partial charge < -0.3 is 15.0 Å². The van der Waals surface area contributed by atoms with E-state index in [1.165, 1.54) is 6.07 Å². The number of benzene rings is 1. The predicted octanol–water partition coefficient (Wildman–Crippen LogP) is 3.09. The van der Waals surface area contributed by atoms with Gasteiger partial charge in [-0.15, -0.1) is 0 Å². The Hall–Kier alpha value is -2.31. The first-order chi connectivity index (χ1) is 10.7. The molecule has 1 amide bonds. The van der Waals surface area contributed by atoms with Gasteiger partial charge in [0.15, 0.2) is 0 Å². The highest BCUT2D eigenvalue weighted by Crippen LogP contribution is 2.24. The van der Waals surface area contributed by atoms with Crippen molar-refractivity contribution in [3.8, 4) is 0 Å². The number of carbonyl (C=O) groups is 1. The number of nitrogens with one attached hydrogen (secondary N) is 1. The van der Waals surface area contributed by atoms with E-state index in [1.54, 1.807) is 12.1 Å². The summed E-state index contributed by atoms with van der Waals surface area (Å²) in [6.07, 6.45) is 1.16. The van der Waals surface area contributed by atoms with Crippen LogP contribution in [0.2, 0.25) is 0 Å². The number of carbonyl (C=O) groups excluding carboxylic acids is 1. The van der Waals surface area contributed by atoms with Crippen molar-refractivity contribution in [1.82, 2.24) is 5.32 Å². The normalized spacial score (nSPS) is 16.0. The van der Waals surface area contributed by atoms with Gasteiger partial charge in [-0.05, 0) is 39.7 Å². The van der Waals surface area contributed by atoms with Crippen LogP contribution < -0.4 is 10.2 Å². The summed E-state index contributed by atoms with van der Waals surface area (Å²) in [7, 11) is 0. The zero-order valence-electron chi connectivity index (χ0n) is 13.7. The van der Waals surface area contributed by atoms with Crippen LogP contribution >= 0.6 is 0 Å². The molecule has 2 rings (SSSR count). The molecule has 7 heteroatoms. The van der Waals surface area contributed by atoms with Gasteiger partial charge in [0, 0.05) is 37.0 Å². The van der Waals surface area contributed by atoms with Crippen LogP contribution in [0.1, 0.15) is 33.6 Å². The number of piperidine rings is 1. The minimum absolute atomic E-state index is 0.0693. The molecule has 0 spiro atoms. The summed E-state index contributed by atoms with van der Waals surface area (Å²) in [6, 6.07) is 6.70. The van der Waals surface area contributed by atoms with E-state index in [0.717, 1.165) is 31.6 Å². The topological polar surface area (TPSA) is 84.7 Å². The number of nitrogens with zero attached hydrogens (tertiary/aromatic N) is 2. The van der Waals surface area contributed by atoms with Crippen molar-refractivity contribution in [2.45, 2.75) is 45.3 Å². The second-order valence-corrected chi connectivity index (χ2v) is 6.68.